The zero-order chi connectivity index (χ0) is 28.9. The Morgan fingerprint density at radius 1 is 0.897 bits per heavy atom. The molecule has 0 aliphatic carbocycles. The monoisotopic (exact) mass is 589 g/mol. The van der Waals surface area contributed by atoms with Crippen LogP contribution in [-0.4, -0.2) is 59.9 Å². The molecule has 0 heterocycles. The van der Waals surface area contributed by atoms with Gasteiger partial charge in [-0.25, -0.2) is 40.1 Å². The summed E-state index contributed by atoms with van der Waals surface area (Å²) < 4.78 is 90.0. The molecule has 0 saturated carbocycles. The van der Waals surface area contributed by atoms with Crippen molar-refractivity contribution in [3.05, 3.63) is 77.4 Å². The number of hydrogen-bond donors (Lipinski definition) is 3. The molecule has 0 saturated heterocycles. The van der Waals surface area contributed by atoms with Crippen LogP contribution in [0.15, 0.2) is 58.3 Å². The maximum absolute atomic E-state index is 14.8. The summed E-state index contributed by atoms with van der Waals surface area (Å²) in [6.45, 7) is 0.591. The molecule has 0 aromatic heterocycles. The van der Waals surface area contributed by atoms with Crippen LogP contribution in [0.2, 0.25) is 0 Å². The Morgan fingerprint density at radius 2 is 1.41 bits per heavy atom. The minimum atomic E-state index is -2.36. The van der Waals surface area contributed by atoms with Gasteiger partial charge in [0.15, 0.2) is 34.8 Å². The van der Waals surface area contributed by atoms with Gasteiger partial charge in [-0.2, -0.15) is 0 Å². The van der Waals surface area contributed by atoms with E-state index in [0.29, 0.717) is 12.1 Å². The quantitative estimate of drug-likeness (QED) is 0.179. The van der Waals surface area contributed by atoms with Crippen molar-refractivity contribution in [1.29, 1.82) is 0 Å². The van der Waals surface area contributed by atoms with Crippen molar-refractivity contribution in [2.75, 3.05) is 26.7 Å². The lowest BCUT2D eigenvalue weighted by Crippen LogP contribution is -2.41. The molecular weight excluding hydrogens is 566 g/mol. The summed E-state index contributed by atoms with van der Waals surface area (Å²) in [5.74, 6) is -7.79. The number of nitrogens with zero attached hydrogens (tertiary/aromatic N) is 2. The Hall–Kier alpha value is -3.37. The highest BCUT2D eigenvalue weighted by Crippen LogP contribution is 2.30. The average molecular weight is 590 g/mol. The van der Waals surface area contributed by atoms with Crippen LogP contribution in [-0.2, 0) is 26.8 Å². The van der Waals surface area contributed by atoms with Crippen LogP contribution in [0.1, 0.15) is 5.56 Å². The zero-order valence-electron chi connectivity index (χ0n) is 20.5. The van der Waals surface area contributed by atoms with Crippen LogP contribution in [0.4, 0.5) is 17.6 Å². The highest BCUT2D eigenvalue weighted by molar-refractivity contribution is 7.83. The number of nitrogens with one attached hydrogen (secondary N) is 1. The Kier molecular flexibility index (Phi) is 10.2. The fourth-order valence-corrected chi connectivity index (χ4v) is 5.39. The molecule has 15 heteroatoms. The molecule has 0 aliphatic rings. The number of aryl methyl sites for hydroxylation is 1. The van der Waals surface area contributed by atoms with Crippen LogP contribution >= 0.6 is 0 Å². The predicted molar refractivity (Wildman–Crippen MR) is 133 cm³/mol. The summed E-state index contributed by atoms with van der Waals surface area (Å²) in [5.41, 5.74) is 2.26. The summed E-state index contributed by atoms with van der Waals surface area (Å²) >= 11 is 0. The van der Waals surface area contributed by atoms with Crippen LogP contribution in [0.25, 0.3) is 0 Å². The Bertz CT molecular complexity index is 1370. The van der Waals surface area contributed by atoms with Gasteiger partial charge in [-0.05, 0) is 43.3 Å². The fourth-order valence-electron chi connectivity index (χ4n) is 3.18. The molecule has 0 spiro atoms. The van der Waals surface area contributed by atoms with E-state index in [1.807, 2.05) is 6.92 Å². The molecule has 39 heavy (non-hydrogen) atoms. The molecule has 3 aromatic rings. The molecule has 210 valence electrons. The van der Waals surface area contributed by atoms with Gasteiger partial charge >= 0.3 is 0 Å². The van der Waals surface area contributed by atoms with E-state index in [-0.39, 0.29) is 28.6 Å². The number of benzene rings is 3. The average Bonchev–Trinajstić information content (AvgIpc) is 2.91. The number of phenols is 1. The third-order valence-electron chi connectivity index (χ3n) is 5.23. The van der Waals surface area contributed by atoms with Gasteiger partial charge in [-0.3, -0.25) is 10.0 Å². The molecule has 3 N–H and O–H groups in total. The van der Waals surface area contributed by atoms with Crippen molar-refractivity contribution in [2.45, 2.75) is 16.7 Å². The molecular formula is C24H23F4N3O6S2. The van der Waals surface area contributed by atoms with E-state index in [0.717, 1.165) is 26.3 Å². The first-order chi connectivity index (χ1) is 18.4. The lowest BCUT2D eigenvalue weighted by atomic mass is 10.2. The van der Waals surface area contributed by atoms with Crippen molar-refractivity contribution in [1.82, 2.24) is 14.1 Å². The van der Waals surface area contributed by atoms with E-state index in [4.69, 9.17) is 9.94 Å². The van der Waals surface area contributed by atoms with E-state index in [9.17, 15) is 35.9 Å². The Balaban J connectivity index is 1.79. The normalized spacial score (nSPS) is 12.9. The van der Waals surface area contributed by atoms with Crippen molar-refractivity contribution in [3.8, 4) is 17.2 Å². The number of hydroxylamine groups is 1. The Labute approximate surface area is 225 Å². The number of phenolic OH excluding ortho intramolecular Hbond substituents is 1. The van der Waals surface area contributed by atoms with Crippen LogP contribution in [0.5, 0.6) is 17.2 Å². The van der Waals surface area contributed by atoms with Crippen molar-refractivity contribution < 1.29 is 45.8 Å². The summed E-state index contributed by atoms with van der Waals surface area (Å²) in [6.07, 6.45) is 0. The van der Waals surface area contributed by atoms with Crippen LogP contribution in [0, 0.1) is 30.2 Å². The summed E-state index contributed by atoms with van der Waals surface area (Å²) in [5, 5.41) is 18.1. The fraction of sp³-hybridized carbons (Fsp3) is 0.208. The van der Waals surface area contributed by atoms with Gasteiger partial charge in [0.25, 0.3) is 5.91 Å². The van der Waals surface area contributed by atoms with Gasteiger partial charge in [0.05, 0.1) is 16.3 Å². The van der Waals surface area contributed by atoms with Gasteiger partial charge < -0.3 is 9.84 Å². The number of halogens is 4. The van der Waals surface area contributed by atoms with Gasteiger partial charge in [-0.15, -0.1) is 0 Å². The molecule has 2 atom stereocenters. The highest BCUT2D eigenvalue weighted by Gasteiger charge is 2.24. The molecule has 9 nitrogen and oxygen atoms in total. The number of likely N-dealkylation sites (N-methyl/N-ethyl adjacent to an activating group) is 1. The number of rotatable bonds is 11. The molecule has 3 aromatic carbocycles. The number of ether oxygens (including phenoxy) is 1. The number of carbonyl (C=O) groups is 1. The maximum atomic E-state index is 14.8. The first kappa shape index (κ1) is 30.2. The predicted octanol–water partition coefficient (Wildman–Crippen LogP) is 3.53. The Morgan fingerprint density at radius 3 is 1.95 bits per heavy atom. The topological polar surface area (TPSA) is 119 Å². The van der Waals surface area contributed by atoms with Crippen LogP contribution < -0.4 is 10.2 Å². The largest absolute Gasteiger partial charge is 0.503 e. The SMILES string of the molecule is Cc1ccc(Oc2c(F)cc(S(=O)N(CCN(C)S(=O)c3cc(F)c(O)c(F)c3)CC(=O)NO)cc2F)cc1. The van der Waals surface area contributed by atoms with Gasteiger partial charge in [0, 0.05) is 20.1 Å². The van der Waals surface area contributed by atoms with E-state index in [2.05, 4.69) is 0 Å². The van der Waals surface area contributed by atoms with Crippen molar-refractivity contribution >= 4 is 27.9 Å². The molecule has 2 unspecified atom stereocenters. The van der Waals surface area contributed by atoms with Gasteiger partial charge in [0.2, 0.25) is 0 Å². The van der Waals surface area contributed by atoms with Crippen LogP contribution in [0.3, 0.4) is 0 Å². The molecule has 0 bridgehead atoms. The minimum Gasteiger partial charge on any atom is -0.503 e. The maximum Gasteiger partial charge on any atom is 0.258 e. The molecule has 0 radical (unpaired) electrons. The van der Waals surface area contributed by atoms with E-state index < -0.39 is 69.2 Å². The number of amides is 1. The highest BCUT2D eigenvalue weighted by atomic mass is 32.2. The first-order valence-electron chi connectivity index (χ1n) is 11.1. The molecule has 1 amide bonds. The molecule has 0 fully saturated rings. The second-order valence-corrected chi connectivity index (χ2v) is 11.2. The van der Waals surface area contributed by atoms with E-state index >= 15 is 0 Å². The second kappa shape index (κ2) is 13.1. The number of hydrogen-bond acceptors (Lipinski definition) is 6. The standard InChI is InChI=1S/C24H23F4N3O6S2/c1-14-3-5-15(6-4-14)37-24-20(27)11-17(12-21(24)28)39(36)31(13-22(32)29-34)8-7-30(2)38(35)16-9-18(25)23(33)19(26)10-16/h3-6,9-12,33-34H,7-8,13H2,1-2H3,(H,29,32). The van der Waals surface area contributed by atoms with Crippen molar-refractivity contribution in [2.24, 2.45) is 0 Å². The lowest BCUT2D eigenvalue weighted by Gasteiger charge is -2.23. The molecule has 0 aliphatic heterocycles. The number of carbonyl (C=O) groups excluding carboxylic acids is 1. The van der Waals surface area contributed by atoms with Gasteiger partial charge in [0.1, 0.15) is 27.7 Å². The third-order valence-corrected chi connectivity index (χ3v) is 8.04. The molecule has 3 rings (SSSR count). The second-order valence-electron chi connectivity index (χ2n) is 8.12. The third kappa shape index (κ3) is 7.60. The zero-order valence-corrected chi connectivity index (χ0v) is 22.1. The van der Waals surface area contributed by atoms with E-state index in [1.54, 1.807) is 12.1 Å². The van der Waals surface area contributed by atoms with Crippen molar-refractivity contribution in [3.63, 3.8) is 0 Å². The number of aromatic hydroxyl groups is 1. The lowest BCUT2D eigenvalue weighted by molar-refractivity contribution is -0.129. The summed E-state index contributed by atoms with van der Waals surface area (Å²) in [7, 11) is -3.21. The summed E-state index contributed by atoms with van der Waals surface area (Å²) in [6, 6.07) is 9.24. The van der Waals surface area contributed by atoms with E-state index in [1.165, 1.54) is 24.7 Å². The smallest absolute Gasteiger partial charge is 0.258 e. The minimum absolute atomic E-state index is 0.165. The first-order valence-corrected chi connectivity index (χ1v) is 13.3. The van der Waals surface area contributed by atoms with Gasteiger partial charge in [-0.1, -0.05) is 17.7 Å². The summed E-state index contributed by atoms with van der Waals surface area (Å²) in [4.78, 5) is 11.1.